The Balaban J connectivity index is 1.74. The molecule has 1 aliphatic rings. The van der Waals surface area contributed by atoms with E-state index in [9.17, 15) is 14.0 Å². The minimum absolute atomic E-state index is 0.0841. The van der Waals surface area contributed by atoms with Gasteiger partial charge in [-0.2, -0.15) is 5.26 Å². The van der Waals surface area contributed by atoms with E-state index in [0.29, 0.717) is 35.3 Å². The maximum absolute atomic E-state index is 13.1. The van der Waals surface area contributed by atoms with E-state index in [-0.39, 0.29) is 17.8 Å². The fraction of sp³-hybridized carbons (Fsp3) is 0.609. The van der Waals surface area contributed by atoms with Crippen LogP contribution in [0.15, 0.2) is 18.7 Å². The SMILES string of the molecule is C[C@@H]1CCC[C@H](Cc2nc(NCc3cncnc3OCC(C)(F)F)ncc2C#N)C1(C)C. The molecular formula is C23H30F2N6O. The molecule has 0 unspecified atom stereocenters. The molecule has 2 atom stereocenters. The average molecular weight is 445 g/mol. The summed E-state index contributed by atoms with van der Waals surface area (Å²) >= 11 is 0. The number of ether oxygens (including phenoxy) is 1. The minimum Gasteiger partial charge on any atom is -0.471 e. The second-order valence-corrected chi connectivity index (χ2v) is 9.29. The van der Waals surface area contributed by atoms with Crippen molar-refractivity contribution < 1.29 is 13.5 Å². The van der Waals surface area contributed by atoms with E-state index in [1.54, 1.807) is 0 Å². The molecule has 0 amide bonds. The highest BCUT2D eigenvalue weighted by atomic mass is 19.3. The lowest BCUT2D eigenvalue weighted by molar-refractivity contribution is -0.0245. The van der Waals surface area contributed by atoms with Gasteiger partial charge in [-0.3, -0.25) is 0 Å². The molecular weight excluding hydrogens is 414 g/mol. The van der Waals surface area contributed by atoms with Gasteiger partial charge in [0.2, 0.25) is 11.8 Å². The van der Waals surface area contributed by atoms with Crippen molar-refractivity contribution in [2.24, 2.45) is 17.3 Å². The third-order valence-electron chi connectivity index (χ3n) is 6.59. The molecule has 1 saturated carbocycles. The van der Waals surface area contributed by atoms with Gasteiger partial charge in [0.1, 0.15) is 12.4 Å². The number of nitriles is 1. The molecule has 9 heteroatoms. The third-order valence-corrected chi connectivity index (χ3v) is 6.59. The highest BCUT2D eigenvalue weighted by molar-refractivity contribution is 5.38. The first kappa shape index (κ1) is 23.8. The Kier molecular flexibility index (Phi) is 7.22. The van der Waals surface area contributed by atoms with Crippen molar-refractivity contribution in [2.75, 3.05) is 11.9 Å². The van der Waals surface area contributed by atoms with Gasteiger partial charge in [-0.05, 0) is 30.1 Å². The van der Waals surface area contributed by atoms with Crippen molar-refractivity contribution in [3.8, 4) is 11.9 Å². The Hall–Kier alpha value is -2.89. The molecule has 2 aromatic heterocycles. The molecule has 0 aliphatic heterocycles. The van der Waals surface area contributed by atoms with Gasteiger partial charge in [-0.1, -0.05) is 33.6 Å². The third kappa shape index (κ3) is 5.87. The monoisotopic (exact) mass is 444 g/mol. The fourth-order valence-corrected chi connectivity index (χ4v) is 4.13. The Morgan fingerprint density at radius 1 is 1.28 bits per heavy atom. The van der Waals surface area contributed by atoms with Crippen LogP contribution in [0.1, 0.15) is 63.8 Å². The highest BCUT2D eigenvalue weighted by Gasteiger charge is 2.38. The topological polar surface area (TPSA) is 96.6 Å². The Morgan fingerprint density at radius 3 is 2.78 bits per heavy atom. The van der Waals surface area contributed by atoms with Crippen molar-refractivity contribution >= 4 is 5.95 Å². The summed E-state index contributed by atoms with van der Waals surface area (Å²) in [7, 11) is 0. The van der Waals surface area contributed by atoms with Crippen LogP contribution in [0.4, 0.5) is 14.7 Å². The summed E-state index contributed by atoms with van der Waals surface area (Å²) in [6.07, 6.45) is 8.50. The molecule has 0 saturated heterocycles. The molecule has 1 N–H and O–H groups in total. The van der Waals surface area contributed by atoms with Crippen LogP contribution in [0.3, 0.4) is 0 Å². The van der Waals surface area contributed by atoms with Crippen molar-refractivity contribution in [3.05, 3.63) is 35.5 Å². The van der Waals surface area contributed by atoms with Gasteiger partial charge in [0.05, 0.1) is 23.0 Å². The lowest BCUT2D eigenvalue weighted by Gasteiger charge is -2.44. The summed E-state index contributed by atoms with van der Waals surface area (Å²) in [6.45, 7) is 7.09. The summed E-state index contributed by atoms with van der Waals surface area (Å²) in [6, 6.07) is 2.20. The van der Waals surface area contributed by atoms with Crippen LogP contribution in [0, 0.1) is 28.6 Å². The molecule has 0 bridgehead atoms. The van der Waals surface area contributed by atoms with Gasteiger partial charge in [-0.15, -0.1) is 0 Å². The molecule has 7 nitrogen and oxygen atoms in total. The Labute approximate surface area is 187 Å². The van der Waals surface area contributed by atoms with Crippen LogP contribution in [-0.2, 0) is 13.0 Å². The lowest BCUT2D eigenvalue weighted by atomic mass is 9.61. The van der Waals surface area contributed by atoms with Crippen LogP contribution in [0.25, 0.3) is 0 Å². The zero-order valence-corrected chi connectivity index (χ0v) is 19.0. The number of aromatic nitrogens is 4. The number of hydrogen-bond acceptors (Lipinski definition) is 7. The molecule has 0 aromatic carbocycles. The molecule has 172 valence electrons. The van der Waals surface area contributed by atoms with E-state index < -0.39 is 12.5 Å². The predicted octanol–water partition coefficient (Wildman–Crippen LogP) is 4.79. The van der Waals surface area contributed by atoms with Gasteiger partial charge >= 0.3 is 0 Å². The number of alkyl halides is 2. The van der Waals surface area contributed by atoms with Crippen LogP contribution in [0.2, 0.25) is 0 Å². The van der Waals surface area contributed by atoms with Gasteiger partial charge in [0, 0.05) is 19.7 Å². The number of hydrogen-bond donors (Lipinski definition) is 1. The summed E-state index contributed by atoms with van der Waals surface area (Å²) < 4.78 is 31.5. The first-order valence-corrected chi connectivity index (χ1v) is 10.9. The second-order valence-electron chi connectivity index (χ2n) is 9.29. The molecule has 0 radical (unpaired) electrons. The van der Waals surface area contributed by atoms with Gasteiger partial charge in [0.15, 0.2) is 6.61 Å². The zero-order valence-electron chi connectivity index (χ0n) is 19.0. The standard InChI is InChI=1S/C23H30F2N6O/c1-15-6-5-7-18(22(15,2)3)8-19-16(9-26)11-28-21(31-19)29-12-17-10-27-14-30-20(17)32-13-23(4,24)25/h10-11,14-15,18H,5-8,12-13H2,1-4H3,(H,28,29,31)/t15-,18-/m1/s1. The second kappa shape index (κ2) is 9.72. The van der Waals surface area contributed by atoms with E-state index in [1.165, 1.54) is 31.6 Å². The highest BCUT2D eigenvalue weighted by Crippen LogP contribution is 2.46. The molecule has 0 spiro atoms. The predicted molar refractivity (Wildman–Crippen MR) is 116 cm³/mol. The fourth-order valence-electron chi connectivity index (χ4n) is 4.13. The van der Waals surface area contributed by atoms with Crippen molar-refractivity contribution in [1.82, 2.24) is 19.9 Å². The maximum atomic E-state index is 13.1. The number of rotatable bonds is 8. The lowest BCUT2D eigenvalue weighted by Crippen LogP contribution is -2.36. The molecule has 1 aliphatic carbocycles. The minimum atomic E-state index is -2.97. The zero-order chi connectivity index (χ0) is 23.4. The first-order valence-electron chi connectivity index (χ1n) is 10.9. The molecule has 1 fully saturated rings. The maximum Gasteiger partial charge on any atom is 0.278 e. The number of halogens is 2. The first-order chi connectivity index (χ1) is 15.1. The Morgan fingerprint density at radius 2 is 2.06 bits per heavy atom. The van der Waals surface area contributed by atoms with Gasteiger partial charge < -0.3 is 10.1 Å². The van der Waals surface area contributed by atoms with Crippen molar-refractivity contribution in [3.63, 3.8) is 0 Å². The molecule has 3 rings (SSSR count). The summed E-state index contributed by atoms with van der Waals surface area (Å²) in [5.41, 5.74) is 1.87. The van der Waals surface area contributed by atoms with Crippen LogP contribution in [0.5, 0.6) is 5.88 Å². The van der Waals surface area contributed by atoms with Gasteiger partial charge in [-0.25, -0.2) is 28.7 Å². The van der Waals surface area contributed by atoms with E-state index >= 15 is 0 Å². The molecule has 32 heavy (non-hydrogen) atoms. The normalized spacial score (nSPS) is 20.4. The van der Waals surface area contributed by atoms with E-state index in [2.05, 4.69) is 52.1 Å². The molecule has 2 heterocycles. The van der Waals surface area contributed by atoms with Crippen molar-refractivity contribution in [1.29, 1.82) is 5.26 Å². The Bertz CT molecular complexity index is 970. The van der Waals surface area contributed by atoms with Gasteiger partial charge in [0.25, 0.3) is 5.92 Å². The summed E-state index contributed by atoms with van der Waals surface area (Å²) in [5.74, 6) is -1.49. The largest absolute Gasteiger partial charge is 0.471 e. The smallest absolute Gasteiger partial charge is 0.278 e. The molecule has 2 aromatic rings. The van der Waals surface area contributed by atoms with Crippen LogP contribution >= 0.6 is 0 Å². The van der Waals surface area contributed by atoms with E-state index in [1.807, 2.05) is 0 Å². The van der Waals surface area contributed by atoms with E-state index in [0.717, 1.165) is 19.0 Å². The van der Waals surface area contributed by atoms with E-state index in [4.69, 9.17) is 4.74 Å². The number of nitrogens with one attached hydrogen (secondary N) is 1. The summed E-state index contributed by atoms with van der Waals surface area (Å²) in [5, 5.41) is 12.6. The number of anilines is 1. The van der Waals surface area contributed by atoms with Crippen LogP contribution in [-0.4, -0.2) is 32.5 Å². The quantitative estimate of drug-likeness (QED) is 0.625. The average Bonchev–Trinajstić information content (AvgIpc) is 2.74. The van der Waals surface area contributed by atoms with Crippen molar-refractivity contribution in [2.45, 2.75) is 65.8 Å². The summed E-state index contributed by atoms with van der Waals surface area (Å²) in [4.78, 5) is 16.7. The van der Waals surface area contributed by atoms with Crippen LogP contribution < -0.4 is 10.1 Å². The number of nitrogens with zero attached hydrogens (tertiary/aromatic N) is 5.